The molecule has 0 spiro atoms. The van der Waals surface area contributed by atoms with Crippen LogP contribution in [0, 0.1) is 5.41 Å². The molecule has 0 bridgehead atoms. The van der Waals surface area contributed by atoms with Gasteiger partial charge in [0.2, 0.25) is 5.91 Å². The Hall–Kier alpha value is -1.32. The van der Waals surface area contributed by atoms with Crippen molar-refractivity contribution in [2.45, 2.75) is 33.7 Å². The molecule has 1 unspecified atom stereocenters. The molecule has 1 heterocycles. The fraction of sp³-hybridized carbons (Fsp3) is 0.600. The fourth-order valence-electron chi connectivity index (χ4n) is 0.994. The first-order chi connectivity index (χ1) is 6.41. The zero-order valence-corrected chi connectivity index (χ0v) is 9.09. The number of imidazole rings is 1. The van der Waals surface area contributed by atoms with Gasteiger partial charge >= 0.3 is 0 Å². The Balaban J connectivity index is 2.58. The van der Waals surface area contributed by atoms with Gasteiger partial charge in [0.05, 0.1) is 24.3 Å². The van der Waals surface area contributed by atoms with E-state index in [0.29, 0.717) is 0 Å². The first kappa shape index (κ1) is 10.8. The lowest BCUT2D eigenvalue weighted by atomic mass is 9.95. The van der Waals surface area contributed by atoms with Crippen molar-refractivity contribution in [1.29, 1.82) is 0 Å². The molecule has 1 aromatic rings. The zero-order valence-electron chi connectivity index (χ0n) is 9.09. The SMILES string of the molecule is CC(NC(=O)C(C)(C)C)c1cnc[nH]1. The van der Waals surface area contributed by atoms with E-state index >= 15 is 0 Å². The van der Waals surface area contributed by atoms with Crippen LogP contribution >= 0.6 is 0 Å². The molecule has 4 nitrogen and oxygen atoms in total. The van der Waals surface area contributed by atoms with Gasteiger partial charge < -0.3 is 10.3 Å². The Bertz CT molecular complexity index is 298. The minimum absolute atomic E-state index is 0.0239. The third-order valence-corrected chi connectivity index (χ3v) is 2.01. The van der Waals surface area contributed by atoms with Gasteiger partial charge in [-0.1, -0.05) is 20.8 Å². The van der Waals surface area contributed by atoms with E-state index in [0.717, 1.165) is 5.69 Å². The lowest BCUT2D eigenvalue weighted by molar-refractivity contribution is -0.129. The largest absolute Gasteiger partial charge is 0.348 e. The molecule has 0 aliphatic heterocycles. The van der Waals surface area contributed by atoms with E-state index in [2.05, 4.69) is 15.3 Å². The minimum atomic E-state index is -0.353. The van der Waals surface area contributed by atoms with Crippen molar-refractivity contribution >= 4 is 5.91 Å². The molecule has 78 valence electrons. The van der Waals surface area contributed by atoms with Crippen LogP contribution in [0.4, 0.5) is 0 Å². The quantitative estimate of drug-likeness (QED) is 0.753. The van der Waals surface area contributed by atoms with Crippen molar-refractivity contribution in [3.8, 4) is 0 Å². The summed E-state index contributed by atoms with van der Waals surface area (Å²) in [6.07, 6.45) is 3.32. The summed E-state index contributed by atoms with van der Waals surface area (Å²) in [5, 5.41) is 2.91. The van der Waals surface area contributed by atoms with Gasteiger partial charge in [0.25, 0.3) is 0 Å². The Morgan fingerprint density at radius 3 is 2.64 bits per heavy atom. The molecule has 0 saturated heterocycles. The lowest BCUT2D eigenvalue weighted by Gasteiger charge is -2.21. The molecule has 14 heavy (non-hydrogen) atoms. The highest BCUT2D eigenvalue weighted by Gasteiger charge is 2.23. The highest BCUT2D eigenvalue weighted by Crippen LogP contribution is 2.16. The second-order valence-corrected chi connectivity index (χ2v) is 4.45. The average Bonchev–Trinajstić information content (AvgIpc) is 2.53. The number of aromatic amines is 1. The van der Waals surface area contributed by atoms with Crippen LogP contribution in [0.1, 0.15) is 39.4 Å². The predicted octanol–water partition coefficient (Wildman–Crippen LogP) is 1.63. The van der Waals surface area contributed by atoms with Crippen LogP contribution in [0.3, 0.4) is 0 Å². The molecule has 0 radical (unpaired) electrons. The number of amides is 1. The van der Waals surface area contributed by atoms with Gasteiger partial charge in [-0.3, -0.25) is 4.79 Å². The number of rotatable bonds is 2. The summed E-state index contributed by atoms with van der Waals surface area (Å²) in [4.78, 5) is 18.5. The minimum Gasteiger partial charge on any atom is -0.348 e. The van der Waals surface area contributed by atoms with Gasteiger partial charge in [0.1, 0.15) is 0 Å². The molecule has 1 rings (SSSR count). The smallest absolute Gasteiger partial charge is 0.225 e. The second kappa shape index (κ2) is 3.82. The molecule has 2 N–H and O–H groups in total. The third-order valence-electron chi connectivity index (χ3n) is 2.01. The molecule has 0 saturated carbocycles. The van der Waals surface area contributed by atoms with Gasteiger partial charge in [-0.05, 0) is 6.92 Å². The second-order valence-electron chi connectivity index (χ2n) is 4.45. The van der Waals surface area contributed by atoms with E-state index < -0.39 is 0 Å². The molecule has 1 amide bonds. The van der Waals surface area contributed by atoms with Gasteiger partial charge in [-0.2, -0.15) is 0 Å². The average molecular weight is 195 g/mol. The normalized spacial score (nSPS) is 13.7. The van der Waals surface area contributed by atoms with Gasteiger partial charge in [0.15, 0.2) is 0 Å². The van der Waals surface area contributed by atoms with E-state index in [1.54, 1.807) is 12.5 Å². The summed E-state index contributed by atoms with van der Waals surface area (Å²) in [5.41, 5.74) is 0.566. The van der Waals surface area contributed by atoms with E-state index in [4.69, 9.17) is 0 Å². The van der Waals surface area contributed by atoms with E-state index in [-0.39, 0.29) is 17.4 Å². The third kappa shape index (κ3) is 2.58. The summed E-state index contributed by atoms with van der Waals surface area (Å²) in [7, 11) is 0. The van der Waals surface area contributed by atoms with Crippen molar-refractivity contribution in [3.05, 3.63) is 18.2 Å². The van der Waals surface area contributed by atoms with Crippen LogP contribution < -0.4 is 5.32 Å². The van der Waals surface area contributed by atoms with E-state index in [1.807, 2.05) is 27.7 Å². The number of hydrogen-bond donors (Lipinski definition) is 2. The Kier molecular flexibility index (Phi) is 2.93. The summed E-state index contributed by atoms with van der Waals surface area (Å²) < 4.78 is 0. The molecule has 1 aromatic heterocycles. The monoisotopic (exact) mass is 195 g/mol. The van der Waals surface area contributed by atoms with Crippen molar-refractivity contribution in [2.24, 2.45) is 5.41 Å². The standard InChI is InChI=1S/C10H17N3O/c1-7(8-5-11-6-12-8)13-9(14)10(2,3)4/h5-7H,1-4H3,(H,11,12)(H,13,14). The highest BCUT2D eigenvalue weighted by molar-refractivity contribution is 5.81. The fourth-order valence-corrected chi connectivity index (χ4v) is 0.994. The summed E-state index contributed by atoms with van der Waals surface area (Å²) >= 11 is 0. The van der Waals surface area contributed by atoms with Crippen molar-refractivity contribution in [1.82, 2.24) is 15.3 Å². The van der Waals surface area contributed by atoms with Crippen molar-refractivity contribution in [3.63, 3.8) is 0 Å². The maximum absolute atomic E-state index is 11.6. The molecule has 0 aromatic carbocycles. The zero-order chi connectivity index (χ0) is 10.8. The lowest BCUT2D eigenvalue weighted by Crippen LogP contribution is -2.36. The van der Waals surface area contributed by atoms with E-state index in [1.165, 1.54) is 0 Å². The maximum Gasteiger partial charge on any atom is 0.225 e. The topological polar surface area (TPSA) is 57.8 Å². The molecule has 1 atom stereocenters. The summed E-state index contributed by atoms with van der Waals surface area (Å²) in [5.74, 6) is 0.0413. The Morgan fingerprint density at radius 1 is 1.57 bits per heavy atom. The van der Waals surface area contributed by atoms with Gasteiger partial charge in [0, 0.05) is 5.41 Å². The van der Waals surface area contributed by atoms with Crippen LogP contribution in [-0.2, 0) is 4.79 Å². The summed E-state index contributed by atoms with van der Waals surface area (Å²) in [6.45, 7) is 7.60. The molecular weight excluding hydrogens is 178 g/mol. The Labute approximate surface area is 84.1 Å². The van der Waals surface area contributed by atoms with Crippen LogP contribution in [0.2, 0.25) is 0 Å². The van der Waals surface area contributed by atoms with Crippen molar-refractivity contribution in [2.75, 3.05) is 0 Å². The number of hydrogen-bond acceptors (Lipinski definition) is 2. The van der Waals surface area contributed by atoms with E-state index in [9.17, 15) is 4.79 Å². The van der Waals surface area contributed by atoms with Crippen LogP contribution in [0.15, 0.2) is 12.5 Å². The molecular formula is C10H17N3O. The number of H-pyrrole nitrogens is 1. The summed E-state index contributed by atoms with van der Waals surface area (Å²) in [6, 6.07) is -0.0239. The maximum atomic E-state index is 11.6. The molecule has 4 heteroatoms. The number of nitrogens with zero attached hydrogens (tertiary/aromatic N) is 1. The van der Waals surface area contributed by atoms with Crippen LogP contribution in [0.5, 0.6) is 0 Å². The predicted molar refractivity (Wildman–Crippen MR) is 54.6 cm³/mol. The number of aromatic nitrogens is 2. The molecule has 0 aliphatic carbocycles. The first-order valence-corrected chi connectivity index (χ1v) is 4.70. The van der Waals surface area contributed by atoms with Gasteiger partial charge in [-0.15, -0.1) is 0 Å². The van der Waals surface area contributed by atoms with Crippen molar-refractivity contribution < 1.29 is 4.79 Å². The first-order valence-electron chi connectivity index (χ1n) is 4.70. The highest BCUT2D eigenvalue weighted by atomic mass is 16.2. The van der Waals surface area contributed by atoms with Crippen LogP contribution in [-0.4, -0.2) is 15.9 Å². The number of carbonyl (C=O) groups excluding carboxylic acids is 1. The molecule has 0 aliphatic rings. The molecule has 0 fully saturated rings. The number of nitrogens with one attached hydrogen (secondary N) is 2. The van der Waals surface area contributed by atoms with Crippen LogP contribution in [0.25, 0.3) is 0 Å². The number of carbonyl (C=O) groups is 1. The van der Waals surface area contributed by atoms with Gasteiger partial charge in [-0.25, -0.2) is 4.98 Å². The Morgan fingerprint density at radius 2 is 2.21 bits per heavy atom.